The van der Waals surface area contributed by atoms with Crippen molar-refractivity contribution in [3.05, 3.63) is 27.1 Å². The van der Waals surface area contributed by atoms with Crippen molar-refractivity contribution in [1.82, 2.24) is 0 Å². The monoisotopic (exact) mass is 366 g/mol. The highest BCUT2D eigenvalue weighted by Crippen LogP contribution is 2.25. The zero-order valence-electron chi connectivity index (χ0n) is 9.67. The molecule has 90 valence electrons. The summed E-state index contributed by atoms with van der Waals surface area (Å²) >= 11 is 6.85. The largest absolute Gasteiger partial charge is 0.491 e. The van der Waals surface area contributed by atoms with Gasteiger partial charge in [-0.1, -0.05) is 31.9 Å². The summed E-state index contributed by atoms with van der Waals surface area (Å²) < 4.78 is 13.4. The van der Waals surface area contributed by atoms with E-state index in [9.17, 15) is 0 Å². The van der Waals surface area contributed by atoms with Crippen LogP contribution in [-0.2, 0) is 4.43 Å². The molecular weight excluding hydrogens is 352 g/mol. The van der Waals surface area contributed by atoms with Crippen LogP contribution in [0.1, 0.15) is 6.92 Å². The third-order valence-corrected chi connectivity index (χ3v) is 3.75. The molecular formula is C11H16Br2O2Si. The molecule has 0 heterocycles. The topological polar surface area (TPSA) is 18.5 Å². The highest BCUT2D eigenvalue weighted by atomic mass is 79.9. The molecule has 0 aromatic heterocycles. The summed E-state index contributed by atoms with van der Waals surface area (Å²) in [6.07, 6.45) is 0.157. The molecule has 1 aromatic rings. The minimum Gasteiger partial charge on any atom is -0.491 e. The molecule has 0 radical (unpaired) electrons. The van der Waals surface area contributed by atoms with Crippen molar-refractivity contribution < 1.29 is 9.16 Å². The third-order valence-electron chi connectivity index (χ3n) is 1.83. The Labute approximate surface area is 115 Å². The van der Waals surface area contributed by atoms with E-state index in [0.29, 0.717) is 6.61 Å². The first-order valence-electron chi connectivity index (χ1n) is 5.21. The Balaban J connectivity index is 2.48. The van der Waals surface area contributed by atoms with Gasteiger partial charge in [-0.2, -0.15) is 0 Å². The standard InChI is InChI=1S/C11H16Br2O2Si/c1-8(15-16(2)3)7-14-11-5-9(12)4-10(13)6-11/h4-6,8,16H,7H2,1-3H3. The lowest BCUT2D eigenvalue weighted by Crippen LogP contribution is -2.23. The number of benzene rings is 1. The fourth-order valence-corrected chi connectivity index (χ4v) is 3.59. The fourth-order valence-electron chi connectivity index (χ4n) is 1.33. The molecule has 0 bridgehead atoms. The summed E-state index contributed by atoms with van der Waals surface area (Å²) in [4.78, 5) is 0. The Morgan fingerprint density at radius 1 is 1.19 bits per heavy atom. The van der Waals surface area contributed by atoms with Crippen molar-refractivity contribution >= 4 is 40.9 Å². The molecule has 1 rings (SSSR count). The molecule has 0 spiro atoms. The first-order chi connectivity index (χ1) is 7.47. The van der Waals surface area contributed by atoms with E-state index in [-0.39, 0.29) is 6.10 Å². The molecule has 1 unspecified atom stereocenters. The summed E-state index contributed by atoms with van der Waals surface area (Å²) in [6.45, 7) is 6.95. The van der Waals surface area contributed by atoms with Crippen LogP contribution in [0, 0.1) is 0 Å². The van der Waals surface area contributed by atoms with E-state index in [4.69, 9.17) is 9.16 Å². The highest BCUT2D eigenvalue weighted by molar-refractivity contribution is 9.11. The van der Waals surface area contributed by atoms with Crippen molar-refractivity contribution in [3.8, 4) is 5.75 Å². The van der Waals surface area contributed by atoms with Gasteiger partial charge in [0.15, 0.2) is 9.04 Å². The molecule has 16 heavy (non-hydrogen) atoms. The zero-order valence-corrected chi connectivity index (χ0v) is 14.0. The van der Waals surface area contributed by atoms with E-state index in [0.717, 1.165) is 14.7 Å². The van der Waals surface area contributed by atoms with Crippen LogP contribution in [0.4, 0.5) is 0 Å². The maximum Gasteiger partial charge on any atom is 0.171 e. The maximum absolute atomic E-state index is 5.72. The first-order valence-corrected chi connectivity index (χ1v) is 9.58. The van der Waals surface area contributed by atoms with Gasteiger partial charge < -0.3 is 9.16 Å². The molecule has 0 fully saturated rings. The lowest BCUT2D eigenvalue weighted by molar-refractivity contribution is 0.144. The van der Waals surface area contributed by atoms with Crippen LogP contribution in [0.25, 0.3) is 0 Å². The summed E-state index contributed by atoms with van der Waals surface area (Å²) in [5, 5.41) is 0. The number of hydrogen-bond acceptors (Lipinski definition) is 2. The Kier molecular flexibility index (Phi) is 6.03. The van der Waals surface area contributed by atoms with Gasteiger partial charge >= 0.3 is 0 Å². The highest BCUT2D eigenvalue weighted by Gasteiger charge is 2.07. The Bertz CT molecular complexity index is 325. The smallest absolute Gasteiger partial charge is 0.171 e. The lowest BCUT2D eigenvalue weighted by Gasteiger charge is -2.16. The molecule has 2 nitrogen and oxygen atoms in total. The molecule has 0 amide bonds. The second kappa shape index (κ2) is 6.79. The predicted molar refractivity (Wildman–Crippen MR) is 76.8 cm³/mol. The van der Waals surface area contributed by atoms with Crippen molar-refractivity contribution in [2.24, 2.45) is 0 Å². The van der Waals surface area contributed by atoms with Crippen LogP contribution in [0.2, 0.25) is 13.1 Å². The number of halogens is 2. The van der Waals surface area contributed by atoms with Gasteiger partial charge in [0.25, 0.3) is 0 Å². The average Bonchev–Trinajstić information content (AvgIpc) is 2.12. The van der Waals surface area contributed by atoms with Gasteiger partial charge in [0.1, 0.15) is 12.4 Å². The van der Waals surface area contributed by atoms with Gasteiger partial charge in [0, 0.05) is 8.95 Å². The van der Waals surface area contributed by atoms with E-state index in [1.165, 1.54) is 0 Å². The molecule has 5 heteroatoms. The van der Waals surface area contributed by atoms with Crippen LogP contribution >= 0.6 is 31.9 Å². The molecule has 0 saturated heterocycles. The third kappa shape index (κ3) is 5.47. The second-order valence-electron chi connectivity index (χ2n) is 3.91. The lowest BCUT2D eigenvalue weighted by atomic mass is 10.3. The number of hydrogen-bond donors (Lipinski definition) is 0. The summed E-state index contributed by atoms with van der Waals surface area (Å²) in [5.41, 5.74) is 0. The van der Waals surface area contributed by atoms with Gasteiger partial charge in [-0.3, -0.25) is 0 Å². The molecule has 0 aliphatic heterocycles. The molecule has 1 aromatic carbocycles. The van der Waals surface area contributed by atoms with Gasteiger partial charge in [-0.15, -0.1) is 0 Å². The van der Waals surface area contributed by atoms with E-state index in [1.807, 2.05) is 25.1 Å². The van der Waals surface area contributed by atoms with Crippen molar-refractivity contribution in [3.63, 3.8) is 0 Å². The van der Waals surface area contributed by atoms with Crippen LogP contribution in [0.3, 0.4) is 0 Å². The van der Waals surface area contributed by atoms with Crippen molar-refractivity contribution in [2.45, 2.75) is 26.1 Å². The summed E-state index contributed by atoms with van der Waals surface area (Å²) in [7, 11) is -0.972. The minimum absolute atomic E-state index is 0.157. The van der Waals surface area contributed by atoms with Crippen LogP contribution in [0.15, 0.2) is 27.1 Å². The SMILES string of the molecule is CC(COc1cc(Br)cc(Br)c1)O[SiH](C)C. The summed E-state index contributed by atoms with van der Waals surface area (Å²) in [6, 6.07) is 5.88. The van der Waals surface area contributed by atoms with E-state index < -0.39 is 9.04 Å². The van der Waals surface area contributed by atoms with Crippen molar-refractivity contribution in [1.29, 1.82) is 0 Å². The molecule has 0 saturated carbocycles. The van der Waals surface area contributed by atoms with Crippen LogP contribution < -0.4 is 4.74 Å². The summed E-state index contributed by atoms with van der Waals surface area (Å²) in [5.74, 6) is 0.849. The fraction of sp³-hybridized carbons (Fsp3) is 0.455. The first kappa shape index (κ1) is 14.2. The molecule has 0 N–H and O–H groups in total. The number of rotatable bonds is 5. The Hall–Kier alpha value is 0.157. The van der Waals surface area contributed by atoms with Gasteiger partial charge in [0.05, 0.1) is 6.10 Å². The van der Waals surface area contributed by atoms with E-state index in [2.05, 4.69) is 45.0 Å². The Morgan fingerprint density at radius 2 is 1.75 bits per heavy atom. The maximum atomic E-state index is 5.72. The van der Waals surface area contributed by atoms with Crippen LogP contribution in [0.5, 0.6) is 5.75 Å². The second-order valence-corrected chi connectivity index (χ2v) is 8.11. The normalized spacial score (nSPS) is 12.9. The van der Waals surface area contributed by atoms with Crippen molar-refractivity contribution in [2.75, 3.05) is 6.61 Å². The van der Waals surface area contributed by atoms with Gasteiger partial charge in [0.2, 0.25) is 0 Å². The quantitative estimate of drug-likeness (QED) is 0.733. The van der Waals surface area contributed by atoms with E-state index in [1.54, 1.807) is 0 Å². The molecule has 1 atom stereocenters. The molecule has 0 aliphatic rings. The zero-order chi connectivity index (χ0) is 12.1. The Morgan fingerprint density at radius 3 is 2.25 bits per heavy atom. The van der Waals surface area contributed by atoms with Gasteiger partial charge in [-0.25, -0.2) is 0 Å². The van der Waals surface area contributed by atoms with Crippen LogP contribution in [-0.4, -0.2) is 21.8 Å². The predicted octanol–water partition coefficient (Wildman–Crippen LogP) is 3.98. The van der Waals surface area contributed by atoms with E-state index >= 15 is 0 Å². The average molecular weight is 368 g/mol. The molecule has 0 aliphatic carbocycles. The number of ether oxygens (including phenoxy) is 1. The minimum atomic E-state index is -0.972. The van der Waals surface area contributed by atoms with Gasteiger partial charge in [-0.05, 0) is 38.2 Å².